The minimum Gasteiger partial charge on any atom is -0.327 e. The monoisotopic (exact) mass is 522 g/mol. The largest absolute Gasteiger partial charge is 0.327 e. The molecule has 0 radical (unpaired) electrons. The Morgan fingerprint density at radius 1 is 0.622 bits per heavy atom. The Bertz CT molecular complexity index is 880. The summed E-state index contributed by atoms with van der Waals surface area (Å²) in [5, 5.41) is 0. The average Bonchev–Trinajstić information content (AvgIpc) is 2.90. The fourth-order valence-electron chi connectivity index (χ4n) is 4.47. The zero-order valence-corrected chi connectivity index (χ0v) is 23.1. The van der Waals surface area contributed by atoms with Crippen molar-refractivity contribution in [3.05, 3.63) is 59.4 Å². The molecule has 0 spiro atoms. The van der Waals surface area contributed by atoms with Gasteiger partial charge >= 0.3 is 0 Å². The standard InChI is InChI=1S/C31H45F3O3/c1-5-9-10-11-12-13-14-27(31(35-19-6-2,36-20-7-3)37-21-8-4)25-17-15-24(16-18-25)26-22-29(33)30(34)23-28(26)32/h15-18,22-23,27H,5-14,19-21H2,1-4H3. The molecule has 0 saturated carbocycles. The van der Waals surface area contributed by atoms with Crippen molar-refractivity contribution in [2.24, 2.45) is 0 Å². The third kappa shape index (κ3) is 9.42. The number of unbranched alkanes of at least 4 members (excludes halogenated alkanes) is 5. The van der Waals surface area contributed by atoms with E-state index in [0.29, 0.717) is 31.5 Å². The van der Waals surface area contributed by atoms with E-state index in [1.54, 1.807) is 12.1 Å². The van der Waals surface area contributed by atoms with Crippen molar-refractivity contribution in [2.75, 3.05) is 19.8 Å². The Morgan fingerprint density at radius 3 is 1.68 bits per heavy atom. The molecule has 0 aromatic heterocycles. The molecule has 2 rings (SSSR count). The van der Waals surface area contributed by atoms with Gasteiger partial charge in [0.05, 0.1) is 25.7 Å². The van der Waals surface area contributed by atoms with E-state index in [1.165, 1.54) is 25.7 Å². The fraction of sp³-hybridized carbons (Fsp3) is 0.613. The van der Waals surface area contributed by atoms with Gasteiger partial charge in [-0.25, -0.2) is 13.2 Å². The van der Waals surface area contributed by atoms with Crippen LogP contribution in [0.5, 0.6) is 0 Å². The molecule has 0 amide bonds. The molecule has 0 heterocycles. The van der Waals surface area contributed by atoms with Crippen LogP contribution in [-0.4, -0.2) is 25.8 Å². The van der Waals surface area contributed by atoms with Gasteiger partial charge in [0.25, 0.3) is 5.97 Å². The van der Waals surface area contributed by atoms with Crippen LogP contribution in [-0.2, 0) is 14.2 Å². The van der Waals surface area contributed by atoms with Crippen LogP contribution in [0.4, 0.5) is 13.2 Å². The smallest absolute Gasteiger partial charge is 0.290 e. The van der Waals surface area contributed by atoms with Gasteiger partial charge < -0.3 is 14.2 Å². The molecule has 6 heteroatoms. The van der Waals surface area contributed by atoms with Gasteiger partial charge in [0.15, 0.2) is 11.6 Å². The summed E-state index contributed by atoms with van der Waals surface area (Å²) in [6, 6.07) is 8.75. The molecule has 208 valence electrons. The zero-order valence-electron chi connectivity index (χ0n) is 23.1. The molecule has 2 aromatic carbocycles. The van der Waals surface area contributed by atoms with Gasteiger partial charge in [-0.2, -0.15) is 0 Å². The Balaban J connectivity index is 2.42. The van der Waals surface area contributed by atoms with E-state index in [2.05, 4.69) is 27.7 Å². The summed E-state index contributed by atoms with van der Waals surface area (Å²) < 4.78 is 60.8. The minimum absolute atomic E-state index is 0.0240. The Kier molecular flexibility index (Phi) is 14.3. The Labute approximate surface area is 221 Å². The first-order valence-corrected chi connectivity index (χ1v) is 14.1. The number of hydrogen-bond donors (Lipinski definition) is 0. The summed E-state index contributed by atoms with van der Waals surface area (Å²) >= 11 is 0. The molecule has 0 fully saturated rings. The van der Waals surface area contributed by atoms with E-state index in [0.717, 1.165) is 50.2 Å². The van der Waals surface area contributed by atoms with Gasteiger partial charge in [-0.3, -0.25) is 0 Å². The predicted octanol–water partition coefficient (Wildman–Crippen LogP) is 9.54. The highest BCUT2D eigenvalue weighted by molar-refractivity contribution is 5.64. The molecule has 0 N–H and O–H groups in total. The quantitative estimate of drug-likeness (QED) is 0.104. The normalized spacial score (nSPS) is 12.7. The number of hydrogen-bond acceptors (Lipinski definition) is 3. The summed E-state index contributed by atoms with van der Waals surface area (Å²) in [6.45, 7) is 9.87. The summed E-state index contributed by atoms with van der Waals surface area (Å²) in [5.41, 5.74) is 1.45. The van der Waals surface area contributed by atoms with Crippen molar-refractivity contribution in [1.82, 2.24) is 0 Å². The van der Waals surface area contributed by atoms with Gasteiger partial charge in [-0.15, -0.1) is 0 Å². The Morgan fingerprint density at radius 2 is 1.14 bits per heavy atom. The summed E-state index contributed by atoms with van der Waals surface area (Å²) in [7, 11) is 0. The second-order valence-corrected chi connectivity index (χ2v) is 9.63. The zero-order chi connectivity index (χ0) is 27.1. The first-order chi connectivity index (χ1) is 17.9. The first-order valence-electron chi connectivity index (χ1n) is 14.1. The molecular formula is C31H45F3O3. The maximum absolute atomic E-state index is 14.4. The maximum atomic E-state index is 14.4. The van der Waals surface area contributed by atoms with Crippen molar-refractivity contribution >= 4 is 0 Å². The van der Waals surface area contributed by atoms with Crippen molar-refractivity contribution in [1.29, 1.82) is 0 Å². The molecule has 3 nitrogen and oxygen atoms in total. The van der Waals surface area contributed by atoms with Crippen LogP contribution < -0.4 is 0 Å². The lowest BCUT2D eigenvalue weighted by Gasteiger charge is -2.40. The van der Waals surface area contributed by atoms with Gasteiger partial charge in [0.2, 0.25) is 0 Å². The summed E-state index contributed by atoms with van der Waals surface area (Å²) in [4.78, 5) is 0. The fourth-order valence-corrected chi connectivity index (χ4v) is 4.47. The van der Waals surface area contributed by atoms with Crippen molar-refractivity contribution in [3.63, 3.8) is 0 Å². The first kappa shape index (κ1) is 31.3. The minimum atomic E-state index is -1.22. The molecular weight excluding hydrogens is 477 g/mol. The van der Waals surface area contributed by atoms with Crippen LogP contribution in [0.15, 0.2) is 36.4 Å². The molecule has 0 bridgehead atoms. The number of halogens is 3. The second-order valence-electron chi connectivity index (χ2n) is 9.63. The molecule has 1 unspecified atom stereocenters. The second kappa shape index (κ2) is 16.8. The lowest BCUT2D eigenvalue weighted by molar-refractivity contribution is -0.392. The molecule has 0 aliphatic carbocycles. The Hall–Kier alpha value is -1.89. The van der Waals surface area contributed by atoms with Gasteiger partial charge in [0, 0.05) is 11.6 Å². The van der Waals surface area contributed by atoms with E-state index in [4.69, 9.17) is 14.2 Å². The molecule has 37 heavy (non-hydrogen) atoms. The SMILES string of the molecule is CCCCCCCCC(c1ccc(-c2cc(F)c(F)cc2F)cc1)C(OCCC)(OCCC)OCCC. The highest BCUT2D eigenvalue weighted by Crippen LogP contribution is 2.40. The number of benzene rings is 2. The van der Waals surface area contributed by atoms with E-state index in [9.17, 15) is 13.2 Å². The number of ether oxygens (including phenoxy) is 3. The van der Waals surface area contributed by atoms with Gasteiger partial charge in [-0.05, 0) is 42.9 Å². The van der Waals surface area contributed by atoms with Crippen LogP contribution in [0.1, 0.15) is 103 Å². The summed E-state index contributed by atoms with van der Waals surface area (Å²) in [5.74, 6) is -4.49. The van der Waals surface area contributed by atoms with E-state index >= 15 is 0 Å². The van der Waals surface area contributed by atoms with Crippen molar-refractivity contribution in [2.45, 2.75) is 104 Å². The van der Waals surface area contributed by atoms with Crippen LogP contribution in [0.25, 0.3) is 11.1 Å². The van der Waals surface area contributed by atoms with Crippen LogP contribution in [0.2, 0.25) is 0 Å². The lowest BCUT2D eigenvalue weighted by Crippen LogP contribution is -2.46. The van der Waals surface area contributed by atoms with E-state index < -0.39 is 23.4 Å². The number of rotatable bonds is 19. The molecule has 2 aromatic rings. The highest BCUT2D eigenvalue weighted by Gasteiger charge is 2.43. The van der Waals surface area contributed by atoms with Crippen LogP contribution in [0.3, 0.4) is 0 Å². The van der Waals surface area contributed by atoms with Crippen molar-refractivity contribution in [3.8, 4) is 11.1 Å². The van der Waals surface area contributed by atoms with Crippen LogP contribution >= 0.6 is 0 Å². The molecule has 0 aliphatic heterocycles. The molecule has 1 atom stereocenters. The lowest BCUT2D eigenvalue weighted by atomic mass is 9.89. The van der Waals surface area contributed by atoms with Crippen molar-refractivity contribution < 1.29 is 27.4 Å². The van der Waals surface area contributed by atoms with Gasteiger partial charge in [-0.1, -0.05) is 90.5 Å². The van der Waals surface area contributed by atoms with E-state index in [1.807, 2.05) is 12.1 Å². The molecule has 0 aliphatic rings. The summed E-state index contributed by atoms with van der Waals surface area (Å²) in [6.07, 6.45) is 10.2. The molecule has 0 saturated heterocycles. The van der Waals surface area contributed by atoms with E-state index in [-0.39, 0.29) is 11.5 Å². The van der Waals surface area contributed by atoms with Gasteiger partial charge in [0.1, 0.15) is 5.82 Å². The predicted molar refractivity (Wildman–Crippen MR) is 144 cm³/mol. The average molecular weight is 523 g/mol. The maximum Gasteiger partial charge on any atom is 0.290 e. The third-order valence-electron chi connectivity index (χ3n) is 6.43. The topological polar surface area (TPSA) is 27.7 Å². The highest BCUT2D eigenvalue weighted by atomic mass is 19.2. The van der Waals surface area contributed by atoms with Crippen LogP contribution in [0, 0.1) is 17.5 Å². The third-order valence-corrected chi connectivity index (χ3v) is 6.43.